The van der Waals surface area contributed by atoms with E-state index in [-0.39, 0.29) is 35.3 Å². The second-order valence-corrected chi connectivity index (χ2v) is 27.0. The van der Waals surface area contributed by atoms with Crippen LogP contribution < -0.4 is 5.32 Å². The summed E-state index contributed by atoms with van der Waals surface area (Å²) in [7, 11) is -2.68. The molecule has 2 bridgehead atoms. The van der Waals surface area contributed by atoms with Crippen molar-refractivity contribution < 1.29 is 76.3 Å². The van der Waals surface area contributed by atoms with E-state index in [0.29, 0.717) is 23.7 Å². The number of hydrogen-bond acceptors (Lipinski definition) is 16. The summed E-state index contributed by atoms with van der Waals surface area (Å²) in [5.74, 6) is -6.52. The van der Waals surface area contributed by atoms with E-state index in [1.165, 1.54) is 19.1 Å². The van der Waals surface area contributed by atoms with E-state index in [9.17, 15) is 29.1 Å². The number of fused-ring (bicyclic) bond motifs is 5. The van der Waals surface area contributed by atoms with Crippen LogP contribution in [0.3, 0.4) is 0 Å². The minimum absolute atomic E-state index is 0.0403. The molecule has 17 nitrogen and oxygen atoms in total. The fraction of sp³-hybridized carbons (Fsp3) is 0.534. The van der Waals surface area contributed by atoms with Crippen LogP contribution in [0.5, 0.6) is 0 Å². The first kappa shape index (κ1) is 57.5. The summed E-state index contributed by atoms with van der Waals surface area (Å²) in [5.41, 5.74) is -7.97. The number of benzene rings is 3. The van der Waals surface area contributed by atoms with Crippen molar-refractivity contribution in [3.8, 4) is 0 Å². The van der Waals surface area contributed by atoms with Crippen molar-refractivity contribution in [1.82, 2.24) is 5.32 Å². The molecular weight excluding hydrogens is 995 g/mol. The molecular formula is C58H73NO16Si. The molecule has 2 saturated carbocycles. The largest absolute Gasteiger partial charge is 0.509 e. The Bertz CT molecular complexity index is 2690. The predicted molar refractivity (Wildman–Crippen MR) is 279 cm³/mol. The van der Waals surface area contributed by atoms with Gasteiger partial charge in [0.15, 0.2) is 25.8 Å². The molecule has 0 radical (unpaired) electrons. The van der Waals surface area contributed by atoms with Crippen molar-refractivity contribution >= 4 is 50.0 Å². The lowest BCUT2D eigenvalue weighted by molar-refractivity contribution is -0.344. The molecule has 0 unspecified atom stereocenters. The number of hydrogen-bond donors (Lipinski definition) is 2. The molecule has 3 aliphatic carbocycles. The second-order valence-electron chi connectivity index (χ2n) is 22.2. The van der Waals surface area contributed by atoms with E-state index < -0.39 is 133 Å². The second kappa shape index (κ2) is 22.0. The number of carbonyl (C=O) groups excluding carboxylic acids is 7. The van der Waals surface area contributed by atoms with Crippen LogP contribution in [0.25, 0.3) is 0 Å². The molecule has 1 amide bonds. The van der Waals surface area contributed by atoms with Gasteiger partial charge in [0.2, 0.25) is 6.10 Å². The SMILES string of the molecule is CC[Si](CC)(CC)O[C@H]1C[C@H]2OC[C@@]2(OC(C)=O)[C@H]2[C@H](OC(=O)c3ccccc3)[C@]3(O)C[C@H](OC(=O)[C@H](OC(=O)OC(C)(C)C)[C@@H](NC(=O)c4ccccc4)c4ccccc4)C(C)=C([C@@H](OC(C)=O)C(=O)[C@]12C)C3(C)C. The van der Waals surface area contributed by atoms with Crippen LogP contribution in [0.2, 0.25) is 18.1 Å². The Hall–Kier alpha value is -6.21. The number of Topliss-reactive ketones (excluding diaryl/α,β-unsaturated/α-hetero) is 1. The van der Waals surface area contributed by atoms with Gasteiger partial charge in [0.05, 0.1) is 29.6 Å². The van der Waals surface area contributed by atoms with Crippen molar-refractivity contribution in [2.45, 2.75) is 174 Å². The standard InChI is InChI=1S/C58H73NO16Si/c1-13-76(14-2,15-3)75-41-31-42-57(33-68-42,73-36(6)61)47-49(72-51(64)39-29-23-18-24-30-39)58(67)32-40(34(4)43(55(58,10)11)45(69-35(5)60)48(62)56(41,47)12)70-52(65)46(71-53(66)74-54(7,8)9)44(37-25-19-16-20-26-37)59-50(63)38-27-21-17-22-28-38/h16-30,40-42,44-47,49,67H,13-15,31-33H2,1-12H3,(H,59,63)/t40-,41-,42+,44-,45+,46+,47-,49-,56+,57-,58+/m0/s1. The summed E-state index contributed by atoms with van der Waals surface area (Å²) < 4.78 is 50.8. The summed E-state index contributed by atoms with van der Waals surface area (Å²) in [5, 5.41) is 17.2. The molecule has 7 rings (SSSR count). The van der Waals surface area contributed by atoms with Gasteiger partial charge >= 0.3 is 30.0 Å². The predicted octanol–water partition coefficient (Wildman–Crippen LogP) is 8.72. The fourth-order valence-corrected chi connectivity index (χ4v) is 15.1. The molecule has 410 valence electrons. The number of aliphatic hydroxyl groups is 1. The maximum absolute atomic E-state index is 16.5. The molecule has 76 heavy (non-hydrogen) atoms. The van der Waals surface area contributed by atoms with Gasteiger partial charge in [-0.05, 0) is 93.7 Å². The number of ketones is 1. The van der Waals surface area contributed by atoms with Crippen LogP contribution in [0.1, 0.15) is 128 Å². The van der Waals surface area contributed by atoms with Gasteiger partial charge in [-0.2, -0.15) is 0 Å². The van der Waals surface area contributed by atoms with E-state index in [4.69, 9.17) is 37.6 Å². The molecule has 0 aromatic heterocycles. The van der Waals surface area contributed by atoms with Crippen LogP contribution >= 0.6 is 0 Å². The third kappa shape index (κ3) is 10.7. The summed E-state index contributed by atoms with van der Waals surface area (Å²) >= 11 is 0. The van der Waals surface area contributed by atoms with Crippen molar-refractivity contribution in [2.75, 3.05) is 6.61 Å². The van der Waals surface area contributed by atoms with Crippen molar-refractivity contribution in [3.05, 3.63) is 119 Å². The third-order valence-electron chi connectivity index (χ3n) is 16.4. The Morgan fingerprint density at radius 1 is 0.803 bits per heavy atom. The minimum atomic E-state index is -2.68. The number of amides is 1. The normalized spacial score (nSPS) is 28.5. The van der Waals surface area contributed by atoms with E-state index in [0.717, 1.165) is 6.92 Å². The van der Waals surface area contributed by atoms with Crippen molar-refractivity contribution in [1.29, 1.82) is 0 Å². The van der Waals surface area contributed by atoms with Gasteiger partial charge in [0.25, 0.3) is 5.91 Å². The van der Waals surface area contributed by atoms with E-state index >= 15 is 9.59 Å². The quantitative estimate of drug-likeness (QED) is 0.0592. The highest BCUT2D eigenvalue weighted by Gasteiger charge is 2.79. The lowest BCUT2D eigenvalue weighted by Gasteiger charge is -2.68. The van der Waals surface area contributed by atoms with Crippen LogP contribution in [-0.4, -0.2) is 115 Å². The van der Waals surface area contributed by atoms with Crippen LogP contribution in [-0.2, 0) is 56.8 Å². The Morgan fingerprint density at radius 2 is 1.37 bits per heavy atom. The molecule has 11 atom stereocenters. The number of carbonyl (C=O) groups is 7. The van der Waals surface area contributed by atoms with Gasteiger partial charge < -0.3 is 48.0 Å². The number of nitrogens with one attached hydrogen (secondary N) is 1. The fourth-order valence-electron chi connectivity index (χ4n) is 12.1. The van der Waals surface area contributed by atoms with Gasteiger partial charge in [0.1, 0.15) is 35.6 Å². The summed E-state index contributed by atoms with van der Waals surface area (Å²) in [6, 6.07) is 25.1. The number of rotatable bonds is 16. The lowest BCUT2D eigenvalue weighted by Crippen LogP contribution is -2.82. The Balaban J connectivity index is 1.48. The molecule has 3 aromatic rings. The van der Waals surface area contributed by atoms with Crippen LogP contribution in [0.4, 0.5) is 4.79 Å². The summed E-state index contributed by atoms with van der Waals surface area (Å²) in [6.07, 6.45) is -10.9. The zero-order valence-corrected chi connectivity index (χ0v) is 46.6. The van der Waals surface area contributed by atoms with E-state index in [1.54, 1.807) is 127 Å². The minimum Gasteiger partial charge on any atom is -0.455 e. The van der Waals surface area contributed by atoms with Crippen molar-refractivity contribution in [3.63, 3.8) is 0 Å². The molecule has 3 fully saturated rings. The number of ether oxygens (including phenoxy) is 7. The highest BCUT2D eigenvalue weighted by Crippen LogP contribution is 2.65. The average molecular weight is 1070 g/mol. The zero-order valence-electron chi connectivity index (χ0n) is 45.6. The van der Waals surface area contributed by atoms with E-state index in [2.05, 4.69) is 5.32 Å². The van der Waals surface area contributed by atoms with Gasteiger partial charge in [-0.1, -0.05) is 101 Å². The molecule has 2 N–H and O–H groups in total. The monoisotopic (exact) mass is 1070 g/mol. The molecule has 1 heterocycles. The van der Waals surface area contributed by atoms with Crippen LogP contribution in [0, 0.1) is 16.7 Å². The zero-order chi connectivity index (χ0) is 55.8. The average Bonchev–Trinajstić information content (AvgIpc) is 3.47. The maximum Gasteiger partial charge on any atom is 0.509 e. The number of esters is 4. The summed E-state index contributed by atoms with van der Waals surface area (Å²) in [6.45, 7) is 19.4. The molecule has 3 aromatic carbocycles. The van der Waals surface area contributed by atoms with Gasteiger partial charge in [-0.25, -0.2) is 14.4 Å². The molecule has 1 aliphatic heterocycles. The molecule has 4 aliphatic rings. The highest BCUT2D eigenvalue weighted by molar-refractivity contribution is 6.73. The first-order valence-corrected chi connectivity index (χ1v) is 28.7. The Kier molecular flexibility index (Phi) is 16.7. The highest BCUT2D eigenvalue weighted by atomic mass is 28.4. The van der Waals surface area contributed by atoms with Gasteiger partial charge in [0, 0.05) is 37.7 Å². The topological polar surface area (TPSA) is 226 Å². The lowest BCUT2D eigenvalue weighted by atomic mass is 9.44. The van der Waals surface area contributed by atoms with Crippen molar-refractivity contribution in [2.24, 2.45) is 16.7 Å². The molecule has 1 saturated heterocycles. The third-order valence-corrected chi connectivity index (χ3v) is 21.0. The Labute approximate surface area is 445 Å². The first-order valence-electron chi connectivity index (χ1n) is 26.1. The molecule has 0 spiro atoms. The van der Waals surface area contributed by atoms with Gasteiger partial charge in [-0.3, -0.25) is 19.2 Å². The first-order chi connectivity index (χ1) is 35.7. The Morgan fingerprint density at radius 3 is 1.88 bits per heavy atom. The maximum atomic E-state index is 16.5. The summed E-state index contributed by atoms with van der Waals surface area (Å²) in [4.78, 5) is 102. The smallest absolute Gasteiger partial charge is 0.455 e. The van der Waals surface area contributed by atoms with Gasteiger partial charge in [-0.15, -0.1) is 0 Å². The van der Waals surface area contributed by atoms with Crippen LogP contribution in [0.15, 0.2) is 102 Å². The van der Waals surface area contributed by atoms with E-state index in [1.807, 2.05) is 20.8 Å². The molecule has 18 heteroatoms.